The molecule has 3 heteroatoms. The van der Waals surface area contributed by atoms with Gasteiger partial charge in [-0.05, 0) is 30.5 Å². The van der Waals surface area contributed by atoms with Crippen LogP contribution in [0.3, 0.4) is 0 Å². The van der Waals surface area contributed by atoms with Gasteiger partial charge in [0.05, 0.1) is 12.5 Å². The van der Waals surface area contributed by atoms with Crippen LogP contribution >= 0.6 is 0 Å². The van der Waals surface area contributed by atoms with Gasteiger partial charge in [-0.3, -0.25) is 4.79 Å². The van der Waals surface area contributed by atoms with Crippen LogP contribution in [-0.4, -0.2) is 10.9 Å². The van der Waals surface area contributed by atoms with E-state index in [1.807, 2.05) is 43.3 Å². The Morgan fingerprint density at radius 2 is 1.79 bits per heavy atom. The fourth-order valence-electron chi connectivity index (χ4n) is 3.26. The van der Waals surface area contributed by atoms with Crippen LogP contribution < -0.4 is 5.32 Å². The lowest BCUT2D eigenvalue weighted by atomic mass is 10.0. The first kappa shape index (κ1) is 16.3. The third kappa shape index (κ3) is 3.51. The molecule has 0 aliphatic carbocycles. The number of aromatic amines is 1. The van der Waals surface area contributed by atoms with Gasteiger partial charge < -0.3 is 10.3 Å². The third-order valence-corrected chi connectivity index (χ3v) is 4.48. The quantitative estimate of drug-likeness (QED) is 0.681. The highest BCUT2D eigenvalue weighted by molar-refractivity contribution is 5.90. The molecule has 1 unspecified atom stereocenters. The number of carbonyl (C=O) groups is 1. The van der Waals surface area contributed by atoms with E-state index in [9.17, 15) is 4.79 Å². The molecular weight excluding hydrogens is 296 g/mol. The number of fused-ring (bicyclic) bond motifs is 1. The SMILES string of the molecule is CCCC(NC(=O)Cc1c(C)[nH]c2ccccc12)c1ccccc1. The van der Waals surface area contributed by atoms with E-state index in [4.69, 9.17) is 0 Å². The number of para-hydroxylation sites is 1. The molecular formula is C21H24N2O. The number of aromatic nitrogens is 1. The second kappa shape index (κ2) is 7.35. The number of aryl methyl sites for hydroxylation is 1. The van der Waals surface area contributed by atoms with Crippen LogP contribution in [0.25, 0.3) is 10.9 Å². The van der Waals surface area contributed by atoms with Gasteiger partial charge in [0.15, 0.2) is 0 Å². The molecule has 1 heterocycles. The standard InChI is InChI=1S/C21H24N2O/c1-3-9-19(16-10-5-4-6-11-16)23-21(24)14-18-15(2)22-20-13-8-7-12-17(18)20/h4-8,10-13,19,22H,3,9,14H2,1-2H3,(H,23,24). The molecule has 0 bridgehead atoms. The molecule has 1 atom stereocenters. The largest absolute Gasteiger partial charge is 0.358 e. The number of hydrogen-bond acceptors (Lipinski definition) is 1. The number of rotatable bonds is 6. The Balaban J connectivity index is 1.77. The number of amides is 1. The highest BCUT2D eigenvalue weighted by Gasteiger charge is 2.16. The van der Waals surface area contributed by atoms with Crippen molar-refractivity contribution in [2.75, 3.05) is 0 Å². The molecule has 0 saturated heterocycles. The lowest BCUT2D eigenvalue weighted by Crippen LogP contribution is -2.30. The minimum atomic E-state index is 0.0742. The van der Waals surface area contributed by atoms with Crippen molar-refractivity contribution in [1.82, 2.24) is 10.3 Å². The van der Waals surface area contributed by atoms with E-state index in [1.54, 1.807) is 0 Å². The van der Waals surface area contributed by atoms with Crippen molar-refractivity contribution in [3.8, 4) is 0 Å². The van der Waals surface area contributed by atoms with Crippen molar-refractivity contribution in [2.45, 2.75) is 39.2 Å². The Labute approximate surface area is 143 Å². The van der Waals surface area contributed by atoms with Crippen molar-refractivity contribution in [1.29, 1.82) is 0 Å². The minimum Gasteiger partial charge on any atom is -0.358 e. The number of carbonyl (C=O) groups excluding carboxylic acids is 1. The normalized spacial score (nSPS) is 12.2. The summed E-state index contributed by atoms with van der Waals surface area (Å²) in [6, 6.07) is 18.4. The first-order valence-electron chi connectivity index (χ1n) is 8.59. The zero-order valence-electron chi connectivity index (χ0n) is 14.3. The zero-order valence-corrected chi connectivity index (χ0v) is 14.3. The van der Waals surface area contributed by atoms with Gasteiger partial charge in [0.25, 0.3) is 0 Å². The fraction of sp³-hybridized carbons (Fsp3) is 0.286. The van der Waals surface area contributed by atoms with Crippen LogP contribution in [0.1, 0.15) is 42.6 Å². The number of hydrogen-bond donors (Lipinski definition) is 2. The molecule has 0 radical (unpaired) electrons. The van der Waals surface area contributed by atoms with Gasteiger partial charge in [0.2, 0.25) is 5.91 Å². The molecule has 0 spiro atoms. The molecule has 3 aromatic rings. The van der Waals surface area contributed by atoms with E-state index in [0.29, 0.717) is 6.42 Å². The number of benzene rings is 2. The highest BCUT2D eigenvalue weighted by Crippen LogP contribution is 2.23. The maximum atomic E-state index is 12.6. The van der Waals surface area contributed by atoms with E-state index >= 15 is 0 Å². The lowest BCUT2D eigenvalue weighted by molar-refractivity contribution is -0.121. The molecule has 0 aliphatic rings. The van der Waals surface area contributed by atoms with Gasteiger partial charge in [0, 0.05) is 16.6 Å². The van der Waals surface area contributed by atoms with Crippen molar-refractivity contribution in [3.05, 3.63) is 71.4 Å². The third-order valence-electron chi connectivity index (χ3n) is 4.48. The van der Waals surface area contributed by atoms with Crippen LogP contribution in [0, 0.1) is 6.92 Å². The van der Waals surface area contributed by atoms with Gasteiger partial charge in [-0.2, -0.15) is 0 Å². The Hall–Kier alpha value is -2.55. The molecule has 24 heavy (non-hydrogen) atoms. The molecule has 1 amide bonds. The summed E-state index contributed by atoms with van der Waals surface area (Å²) >= 11 is 0. The zero-order chi connectivity index (χ0) is 16.9. The van der Waals surface area contributed by atoms with Crippen LogP contribution in [0.15, 0.2) is 54.6 Å². The maximum Gasteiger partial charge on any atom is 0.224 e. The van der Waals surface area contributed by atoms with E-state index in [-0.39, 0.29) is 11.9 Å². The van der Waals surface area contributed by atoms with Crippen molar-refractivity contribution in [3.63, 3.8) is 0 Å². The molecule has 124 valence electrons. The second-order valence-corrected chi connectivity index (χ2v) is 6.27. The van der Waals surface area contributed by atoms with Crippen LogP contribution in [0.4, 0.5) is 0 Å². The smallest absolute Gasteiger partial charge is 0.224 e. The van der Waals surface area contributed by atoms with E-state index < -0.39 is 0 Å². The molecule has 0 aliphatic heterocycles. The van der Waals surface area contributed by atoms with Gasteiger partial charge in [0.1, 0.15) is 0 Å². The summed E-state index contributed by atoms with van der Waals surface area (Å²) in [7, 11) is 0. The molecule has 2 N–H and O–H groups in total. The van der Waals surface area contributed by atoms with Crippen LogP contribution in [-0.2, 0) is 11.2 Å². The fourth-order valence-corrected chi connectivity index (χ4v) is 3.26. The lowest BCUT2D eigenvalue weighted by Gasteiger charge is -2.18. The first-order chi connectivity index (χ1) is 11.7. The highest BCUT2D eigenvalue weighted by atomic mass is 16.1. The van der Waals surface area contributed by atoms with Gasteiger partial charge in [-0.25, -0.2) is 0 Å². The monoisotopic (exact) mass is 320 g/mol. The Bertz CT molecular complexity index is 820. The summed E-state index contributed by atoms with van der Waals surface area (Å²) in [6.45, 7) is 4.18. The number of nitrogens with one attached hydrogen (secondary N) is 2. The van der Waals surface area contributed by atoms with Crippen LogP contribution in [0.2, 0.25) is 0 Å². The van der Waals surface area contributed by atoms with Crippen molar-refractivity contribution >= 4 is 16.8 Å². The molecule has 0 saturated carbocycles. The Morgan fingerprint density at radius 1 is 1.08 bits per heavy atom. The number of H-pyrrole nitrogens is 1. The molecule has 1 aromatic heterocycles. The molecule has 3 nitrogen and oxygen atoms in total. The summed E-state index contributed by atoms with van der Waals surface area (Å²) in [4.78, 5) is 16.0. The molecule has 0 fully saturated rings. The van der Waals surface area contributed by atoms with Crippen molar-refractivity contribution < 1.29 is 4.79 Å². The van der Waals surface area contributed by atoms with Gasteiger partial charge >= 0.3 is 0 Å². The van der Waals surface area contributed by atoms with Crippen LogP contribution in [0.5, 0.6) is 0 Å². The predicted molar refractivity (Wildman–Crippen MR) is 99.0 cm³/mol. The van der Waals surface area contributed by atoms with E-state index in [1.165, 1.54) is 5.56 Å². The summed E-state index contributed by atoms with van der Waals surface area (Å²) in [6.07, 6.45) is 2.39. The summed E-state index contributed by atoms with van der Waals surface area (Å²) in [5.74, 6) is 0.0742. The Kier molecular flexibility index (Phi) is 4.99. The first-order valence-corrected chi connectivity index (χ1v) is 8.59. The van der Waals surface area contributed by atoms with Gasteiger partial charge in [-0.15, -0.1) is 0 Å². The molecule has 2 aromatic carbocycles. The summed E-state index contributed by atoms with van der Waals surface area (Å²) < 4.78 is 0. The predicted octanol–water partition coefficient (Wildman–Crippen LogP) is 4.68. The summed E-state index contributed by atoms with van der Waals surface area (Å²) in [5, 5.41) is 4.35. The average Bonchev–Trinajstić information content (AvgIpc) is 2.91. The molecule has 3 rings (SSSR count). The Morgan fingerprint density at radius 3 is 2.54 bits per heavy atom. The maximum absolute atomic E-state index is 12.6. The van der Waals surface area contributed by atoms with Crippen molar-refractivity contribution in [2.24, 2.45) is 0 Å². The van der Waals surface area contributed by atoms with E-state index in [0.717, 1.165) is 35.0 Å². The van der Waals surface area contributed by atoms with Gasteiger partial charge in [-0.1, -0.05) is 61.9 Å². The van der Waals surface area contributed by atoms with E-state index in [2.05, 4.69) is 35.4 Å². The summed E-state index contributed by atoms with van der Waals surface area (Å²) in [5.41, 5.74) is 4.42. The topological polar surface area (TPSA) is 44.9 Å². The second-order valence-electron chi connectivity index (χ2n) is 6.27. The minimum absolute atomic E-state index is 0.0742. The average molecular weight is 320 g/mol.